The van der Waals surface area contributed by atoms with Crippen molar-refractivity contribution in [3.8, 4) is 0 Å². The lowest BCUT2D eigenvalue weighted by molar-refractivity contribution is -0.171. The lowest BCUT2D eigenvalue weighted by Gasteiger charge is -2.38. The second-order valence-corrected chi connectivity index (χ2v) is 7.60. The van der Waals surface area contributed by atoms with Gasteiger partial charge in [0.2, 0.25) is 0 Å². The van der Waals surface area contributed by atoms with Crippen LogP contribution in [0.2, 0.25) is 0 Å². The van der Waals surface area contributed by atoms with E-state index in [0.717, 1.165) is 0 Å². The summed E-state index contributed by atoms with van der Waals surface area (Å²) in [6.07, 6.45) is 0.0754. The van der Waals surface area contributed by atoms with Crippen LogP contribution in [0.1, 0.15) is 61.8 Å². The van der Waals surface area contributed by atoms with Crippen molar-refractivity contribution in [2.75, 3.05) is 13.2 Å². The van der Waals surface area contributed by atoms with E-state index >= 15 is 0 Å². The Labute approximate surface area is 135 Å². The number of rotatable bonds is 9. The first-order valence-electron chi connectivity index (χ1n) is 8.36. The van der Waals surface area contributed by atoms with Gasteiger partial charge in [-0.05, 0) is 23.7 Å². The molecule has 0 saturated heterocycles. The van der Waals surface area contributed by atoms with E-state index in [1.807, 2.05) is 55.4 Å². The maximum atomic E-state index is 12.7. The van der Waals surface area contributed by atoms with Crippen LogP contribution in [0.25, 0.3) is 0 Å². The van der Waals surface area contributed by atoms with Gasteiger partial charge in [0, 0.05) is 0 Å². The zero-order valence-electron chi connectivity index (χ0n) is 15.6. The zero-order chi connectivity index (χ0) is 17.5. The summed E-state index contributed by atoms with van der Waals surface area (Å²) in [5, 5.41) is 0. The predicted molar refractivity (Wildman–Crippen MR) is 88.3 cm³/mol. The first-order chi connectivity index (χ1) is 10.0. The average Bonchev–Trinajstić information content (AvgIpc) is 2.38. The van der Waals surface area contributed by atoms with E-state index in [9.17, 15) is 9.59 Å². The molecule has 0 aromatic carbocycles. The smallest absolute Gasteiger partial charge is 0.313 e. The van der Waals surface area contributed by atoms with Crippen LogP contribution in [0.4, 0.5) is 0 Å². The van der Waals surface area contributed by atoms with Crippen LogP contribution in [-0.2, 0) is 19.1 Å². The fourth-order valence-electron chi connectivity index (χ4n) is 2.54. The van der Waals surface area contributed by atoms with Gasteiger partial charge in [0.05, 0.1) is 25.0 Å². The number of carbonyl (C=O) groups is 2. The van der Waals surface area contributed by atoms with Gasteiger partial charge in [-0.25, -0.2) is 0 Å². The van der Waals surface area contributed by atoms with Crippen molar-refractivity contribution in [1.82, 2.24) is 0 Å². The molecule has 22 heavy (non-hydrogen) atoms. The molecule has 0 fully saturated rings. The molecule has 0 amide bonds. The highest BCUT2D eigenvalue weighted by Crippen LogP contribution is 2.41. The Kier molecular flexibility index (Phi) is 8.72. The van der Waals surface area contributed by atoms with Gasteiger partial charge in [-0.15, -0.1) is 0 Å². The van der Waals surface area contributed by atoms with Crippen LogP contribution in [0.5, 0.6) is 0 Å². The van der Waals surface area contributed by atoms with Crippen molar-refractivity contribution >= 4 is 11.9 Å². The normalized spacial score (nSPS) is 12.4. The van der Waals surface area contributed by atoms with Gasteiger partial charge < -0.3 is 9.47 Å². The molecule has 0 aliphatic heterocycles. The summed E-state index contributed by atoms with van der Waals surface area (Å²) >= 11 is 0. The van der Waals surface area contributed by atoms with Crippen LogP contribution in [0.15, 0.2) is 0 Å². The molecular weight excluding hydrogens is 280 g/mol. The fourth-order valence-corrected chi connectivity index (χ4v) is 2.54. The van der Waals surface area contributed by atoms with Crippen LogP contribution in [-0.4, -0.2) is 25.2 Å². The molecule has 0 heterocycles. The third-order valence-corrected chi connectivity index (χ3v) is 4.00. The van der Waals surface area contributed by atoms with Crippen LogP contribution in [0.3, 0.4) is 0 Å². The van der Waals surface area contributed by atoms with E-state index in [1.165, 1.54) is 0 Å². The highest BCUT2D eigenvalue weighted by Gasteiger charge is 2.48. The molecule has 0 aromatic rings. The second kappa shape index (κ2) is 9.16. The Morgan fingerprint density at radius 3 is 1.55 bits per heavy atom. The Morgan fingerprint density at radius 1 is 0.773 bits per heavy atom. The summed E-state index contributed by atoms with van der Waals surface area (Å²) in [6.45, 7) is 16.6. The molecule has 4 heteroatoms. The maximum Gasteiger partial charge on any atom is 0.313 e. The number of carbonyl (C=O) groups excluding carboxylic acids is 2. The summed E-state index contributed by atoms with van der Waals surface area (Å²) in [7, 11) is 0. The highest BCUT2D eigenvalue weighted by molar-refractivity contribution is 5.84. The Hall–Kier alpha value is -1.06. The van der Waals surface area contributed by atoms with E-state index in [-0.39, 0.29) is 42.0 Å². The third-order valence-electron chi connectivity index (χ3n) is 4.00. The molecule has 0 aromatic heterocycles. The zero-order valence-corrected chi connectivity index (χ0v) is 15.6. The predicted octanol–water partition coefficient (Wildman–Crippen LogP) is 4.07. The molecule has 0 spiro atoms. The van der Waals surface area contributed by atoms with Gasteiger partial charge in [-0.2, -0.15) is 0 Å². The van der Waals surface area contributed by atoms with Crippen LogP contribution >= 0.6 is 0 Å². The molecule has 0 rings (SSSR count). The second-order valence-electron chi connectivity index (χ2n) is 7.60. The molecule has 0 saturated carbocycles. The summed E-state index contributed by atoms with van der Waals surface area (Å²) in [4.78, 5) is 24.9. The molecule has 4 nitrogen and oxygen atoms in total. The average molecular weight is 314 g/mol. The first kappa shape index (κ1) is 20.9. The number of hydrogen-bond acceptors (Lipinski definition) is 4. The molecule has 0 bridgehead atoms. The highest BCUT2D eigenvalue weighted by atomic mass is 16.5. The van der Waals surface area contributed by atoms with Crippen molar-refractivity contribution in [3.05, 3.63) is 0 Å². The van der Waals surface area contributed by atoms with E-state index in [2.05, 4.69) is 0 Å². The van der Waals surface area contributed by atoms with Gasteiger partial charge in [-0.3, -0.25) is 9.59 Å². The maximum absolute atomic E-state index is 12.7. The Balaban J connectivity index is 5.16. The van der Waals surface area contributed by atoms with Gasteiger partial charge in [0.25, 0.3) is 0 Å². The minimum absolute atomic E-state index is 0.00115. The third kappa shape index (κ3) is 5.98. The van der Waals surface area contributed by atoms with Gasteiger partial charge >= 0.3 is 11.9 Å². The number of ether oxygens (including phenoxy) is 2. The quantitative estimate of drug-likeness (QED) is 0.602. The molecule has 0 N–H and O–H groups in total. The van der Waals surface area contributed by atoms with Crippen molar-refractivity contribution in [2.24, 2.45) is 29.1 Å². The largest absolute Gasteiger partial charge is 0.465 e. The molecule has 0 aliphatic carbocycles. The fraction of sp³-hybridized carbons (Fsp3) is 0.889. The Morgan fingerprint density at radius 2 is 1.18 bits per heavy atom. The van der Waals surface area contributed by atoms with Gasteiger partial charge in [-0.1, -0.05) is 55.4 Å². The molecule has 0 aliphatic rings. The minimum Gasteiger partial charge on any atom is -0.465 e. The molecule has 130 valence electrons. The van der Waals surface area contributed by atoms with E-state index in [0.29, 0.717) is 13.2 Å². The van der Waals surface area contributed by atoms with Crippen molar-refractivity contribution in [3.63, 3.8) is 0 Å². The lowest BCUT2D eigenvalue weighted by Crippen LogP contribution is -2.45. The van der Waals surface area contributed by atoms with E-state index in [1.54, 1.807) is 0 Å². The standard InChI is InChI=1S/C18H34O4/c1-12(2)10-21-16(19)9-18(14(5)6,15(7)8)17(20)22-11-13(3)4/h12-15H,9-11H2,1-8H3. The SMILES string of the molecule is CC(C)COC(=O)CC(C(=O)OCC(C)C)(C(C)C)C(C)C. The first-order valence-corrected chi connectivity index (χ1v) is 8.36. The topological polar surface area (TPSA) is 52.6 Å². The van der Waals surface area contributed by atoms with Crippen molar-refractivity contribution in [2.45, 2.75) is 61.8 Å². The molecular formula is C18H34O4. The van der Waals surface area contributed by atoms with Crippen molar-refractivity contribution in [1.29, 1.82) is 0 Å². The lowest BCUT2D eigenvalue weighted by atomic mass is 9.66. The summed E-state index contributed by atoms with van der Waals surface area (Å²) in [5.74, 6) is -0.0546. The van der Waals surface area contributed by atoms with E-state index in [4.69, 9.17) is 9.47 Å². The molecule has 0 atom stereocenters. The summed E-state index contributed by atoms with van der Waals surface area (Å²) in [6, 6.07) is 0. The van der Waals surface area contributed by atoms with Gasteiger partial charge in [0.15, 0.2) is 0 Å². The monoisotopic (exact) mass is 314 g/mol. The summed E-state index contributed by atoms with van der Waals surface area (Å²) in [5.41, 5.74) is -0.830. The summed E-state index contributed by atoms with van der Waals surface area (Å²) < 4.78 is 10.8. The Bertz CT molecular complexity index is 348. The molecule has 0 radical (unpaired) electrons. The number of esters is 2. The van der Waals surface area contributed by atoms with Crippen molar-refractivity contribution < 1.29 is 19.1 Å². The van der Waals surface area contributed by atoms with Crippen LogP contribution in [0, 0.1) is 29.1 Å². The minimum atomic E-state index is -0.830. The van der Waals surface area contributed by atoms with Gasteiger partial charge in [0.1, 0.15) is 0 Å². The van der Waals surface area contributed by atoms with E-state index < -0.39 is 5.41 Å². The van der Waals surface area contributed by atoms with Crippen LogP contribution < -0.4 is 0 Å². The number of hydrogen-bond donors (Lipinski definition) is 0. The molecule has 0 unspecified atom stereocenters.